The van der Waals surface area contributed by atoms with Crippen LogP contribution in [0, 0.1) is 0 Å². The fraction of sp³-hybridized carbons (Fsp3) is 0.200. The van der Waals surface area contributed by atoms with E-state index in [4.69, 9.17) is 5.73 Å². The number of nitrogen functional groups attached to an aromatic ring is 1. The highest BCUT2D eigenvalue weighted by atomic mass is 32.1. The van der Waals surface area contributed by atoms with Gasteiger partial charge in [-0.25, -0.2) is 4.98 Å². The Balaban J connectivity index is 1.70. The van der Waals surface area contributed by atoms with Gasteiger partial charge in [-0.05, 0) is 30.2 Å². The first-order valence-corrected chi connectivity index (χ1v) is 7.68. The number of aryl methyl sites for hydroxylation is 1. The van der Waals surface area contributed by atoms with Crippen molar-refractivity contribution in [2.75, 3.05) is 10.6 Å². The van der Waals surface area contributed by atoms with E-state index in [9.17, 15) is 4.79 Å². The molecular weight excluding hydrogens is 284 g/mol. The van der Waals surface area contributed by atoms with Crippen molar-refractivity contribution in [1.29, 1.82) is 0 Å². The maximum atomic E-state index is 12.3. The number of anilines is 2. The van der Waals surface area contributed by atoms with Crippen molar-refractivity contribution in [3.05, 3.63) is 47.2 Å². The largest absolute Gasteiger partial charge is 0.399 e. The molecule has 0 saturated carbocycles. The van der Waals surface area contributed by atoms with Crippen LogP contribution in [0.15, 0.2) is 36.0 Å². The lowest BCUT2D eigenvalue weighted by atomic mass is 10.0. The maximum absolute atomic E-state index is 12.3. The molecule has 2 aromatic heterocycles. The van der Waals surface area contributed by atoms with Crippen LogP contribution in [0.4, 0.5) is 11.4 Å². The minimum absolute atomic E-state index is 0.142. The zero-order valence-electron chi connectivity index (χ0n) is 11.3. The van der Waals surface area contributed by atoms with Gasteiger partial charge in [-0.1, -0.05) is 0 Å². The number of amides is 1. The second kappa shape index (κ2) is 4.60. The molecule has 0 saturated heterocycles. The number of benzene rings is 1. The highest BCUT2D eigenvalue weighted by molar-refractivity contribution is 7.15. The van der Waals surface area contributed by atoms with Gasteiger partial charge in [0.2, 0.25) is 5.91 Å². The summed E-state index contributed by atoms with van der Waals surface area (Å²) >= 11 is 1.59. The average Bonchev–Trinajstić information content (AvgIpc) is 3.03. The molecule has 0 atom stereocenters. The summed E-state index contributed by atoms with van der Waals surface area (Å²) in [6.07, 6.45) is 5.24. The molecule has 2 N–H and O–H groups in total. The third-order valence-corrected chi connectivity index (χ3v) is 4.54. The molecule has 1 amide bonds. The minimum atomic E-state index is 0.142. The summed E-state index contributed by atoms with van der Waals surface area (Å²) in [5.41, 5.74) is 9.57. The van der Waals surface area contributed by atoms with Crippen LogP contribution < -0.4 is 10.6 Å². The number of rotatable bonds is 2. The number of nitrogens with zero attached hydrogens (tertiary/aromatic N) is 3. The monoisotopic (exact) mass is 298 g/mol. The molecule has 4 rings (SSSR count). The van der Waals surface area contributed by atoms with E-state index < -0.39 is 0 Å². The third kappa shape index (κ3) is 2.08. The van der Waals surface area contributed by atoms with Crippen LogP contribution in [0.2, 0.25) is 0 Å². The summed E-state index contributed by atoms with van der Waals surface area (Å²) < 4.78 is 1.98. The molecule has 1 aliphatic rings. The molecule has 0 fully saturated rings. The van der Waals surface area contributed by atoms with Gasteiger partial charge in [-0.2, -0.15) is 0 Å². The molecule has 6 heteroatoms. The van der Waals surface area contributed by atoms with Crippen molar-refractivity contribution in [3.8, 4) is 0 Å². The van der Waals surface area contributed by atoms with Crippen LogP contribution in [-0.2, 0) is 17.8 Å². The normalized spacial score (nSPS) is 14.7. The Labute approximate surface area is 125 Å². The predicted octanol–water partition coefficient (Wildman–Crippen LogP) is 2.46. The van der Waals surface area contributed by atoms with Gasteiger partial charge in [0.05, 0.1) is 12.2 Å². The first kappa shape index (κ1) is 12.4. The van der Waals surface area contributed by atoms with Crippen LogP contribution in [0.25, 0.3) is 4.96 Å². The Morgan fingerprint density at radius 2 is 2.24 bits per heavy atom. The number of aromatic nitrogens is 2. The van der Waals surface area contributed by atoms with E-state index in [0.29, 0.717) is 13.0 Å². The number of thiazole rings is 1. The van der Waals surface area contributed by atoms with Crippen molar-refractivity contribution in [2.24, 2.45) is 0 Å². The summed E-state index contributed by atoms with van der Waals surface area (Å²) in [7, 11) is 0. The molecule has 1 aliphatic heterocycles. The van der Waals surface area contributed by atoms with Crippen molar-refractivity contribution >= 4 is 33.6 Å². The summed E-state index contributed by atoms with van der Waals surface area (Å²) in [6.45, 7) is 0.504. The van der Waals surface area contributed by atoms with Crippen molar-refractivity contribution in [2.45, 2.75) is 19.4 Å². The van der Waals surface area contributed by atoms with Gasteiger partial charge in [-0.3, -0.25) is 9.20 Å². The van der Waals surface area contributed by atoms with Crippen LogP contribution >= 0.6 is 11.3 Å². The van der Waals surface area contributed by atoms with Gasteiger partial charge in [0.15, 0.2) is 4.96 Å². The molecule has 0 unspecified atom stereocenters. The first-order chi connectivity index (χ1) is 10.2. The number of hydrogen-bond acceptors (Lipinski definition) is 4. The van der Waals surface area contributed by atoms with E-state index >= 15 is 0 Å². The smallest absolute Gasteiger partial charge is 0.227 e. The number of imidazole rings is 1. The summed E-state index contributed by atoms with van der Waals surface area (Å²) in [4.78, 5) is 19.6. The van der Waals surface area contributed by atoms with Crippen molar-refractivity contribution in [1.82, 2.24) is 9.38 Å². The fourth-order valence-electron chi connectivity index (χ4n) is 2.77. The lowest BCUT2D eigenvalue weighted by Gasteiger charge is -2.29. The molecule has 1 aromatic carbocycles. The van der Waals surface area contributed by atoms with Crippen LogP contribution in [-0.4, -0.2) is 15.3 Å². The Morgan fingerprint density at radius 1 is 1.33 bits per heavy atom. The molecule has 0 bridgehead atoms. The quantitative estimate of drug-likeness (QED) is 0.739. The summed E-state index contributed by atoms with van der Waals surface area (Å²) in [5, 5.41) is 2.00. The lowest BCUT2D eigenvalue weighted by Crippen LogP contribution is -2.34. The molecule has 5 nitrogen and oxygen atoms in total. The van der Waals surface area contributed by atoms with Crippen molar-refractivity contribution in [3.63, 3.8) is 0 Å². The third-order valence-electron chi connectivity index (χ3n) is 3.77. The number of nitrogens with two attached hydrogens (primary N) is 1. The average molecular weight is 298 g/mol. The van der Waals surface area contributed by atoms with Gasteiger partial charge in [0, 0.05) is 35.6 Å². The second-order valence-corrected chi connectivity index (χ2v) is 6.07. The van der Waals surface area contributed by atoms with Crippen LogP contribution in [0.5, 0.6) is 0 Å². The zero-order chi connectivity index (χ0) is 14.4. The Hall–Kier alpha value is -2.34. The standard InChI is InChI=1S/C15H14N4OS/c16-11-2-3-13-10(7-11)1-4-14(20)19(13)9-12-8-18-5-6-21-15(18)17-12/h2-3,5-8H,1,4,9,16H2. The van der Waals surface area contributed by atoms with Gasteiger partial charge >= 0.3 is 0 Å². The van der Waals surface area contributed by atoms with E-state index in [-0.39, 0.29) is 5.91 Å². The predicted molar refractivity (Wildman–Crippen MR) is 83.4 cm³/mol. The van der Waals surface area contributed by atoms with Gasteiger partial charge in [0.25, 0.3) is 0 Å². The Morgan fingerprint density at radius 3 is 3.10 bits per heavy atom. The van der Waals surface area contributed by atoms with Gasteiger partial charge in [-0.15, -0.1) is 11.3 Å². The van der Waals surface area contributed by atoms with E-state index in [1.54, 1.807) is 11.3 Å². The minimum Gasteiger partial charge on any atom is -0.399 e. The first-order valence-electron chi connectivity index (χ1n) is 6.80. The van der Waals surface area contributed by atoms with E-state index in [2.05, 4.69) is 4.98 Å². The molecule has 0 spiro atoms. The molecular formula is C15H14N4OS. The number of carbonyl (C=O) groups is 1. The topological polar surface area (TPSA) is 63.6 Å². The maximum Gasteiger partial charge on any atom is 0.227 e. The highest BCUT2D eigenvalue weighted by Crippen LogP contribution is 2.30. The molecule has 3 aromatic rings. The van der Waals surface area contributed by atoms with E-state index in [0.717, 1.165) is 34.0 Å². The molecule has 0 radical (unpaired) electrons. The molecule has 3 heterocycles. The zero-order valence-corrected chi connectivity index (χ0v) is 12.1. The fourth-order valence-corrected chi connectivity index (χ4v) is 3.49. The van der Waals surface area contributed by atoms with Crippen LogP contribution in [0.1, 0.15) is 17.7 Å². The van der Waals surface area contributed by atoms with E-state index in [1.165, 1.54) is 0 Å². The van der Waals surface area contributed by atoms with E-state index in [1.807, 2.05) is 45.3 Å². The highest BCUT2D eigenvalue weighted by Gasteiger charge is 2.25. The number of carbonyl (C=O) groups excluding carboxylic acids is 1. The summed E-state index contributed by atoms with van der Waals surface area (Å²) in [6, 6.07) is 5.73. The Kier molecular flexibility index (Phi) is 2.71. The van der Waals surface area contributed by atoms with Crippen molar-refractivity contribution < 1.29 is 4.79 Å². The SMILES string of the molecule is Nc1ccc2c(c1)CCC(=O)N2Cc1cn2ccsc2n1. The second-order valence-electron chi connectivity index (χ2n) is 5.19. The number of hydrogen-bond donors (Lipinski definition) is 1. The molecule has 21 heavy (non-hydrogen) atoms. The number of fused-ring (bicyclic) bond motifs is 2. The summed E-state index contributed by atoms with van der Waals surface area (Å²) in [5.74, 6) is 0.142. The Bertz CT molecular complexity index is 807. The molecule has 106 valence electrons. The lowest BCUT2D eigenvalue weighted by molar-refractivity contribution is -0.119. The van der Waals surface area contributed by atoms with Gasteiger partial charge < -0.3 is 10.6 Å². The van der Waals surface area contributed by atoms with Gasteiger partial charge in [0.1, 0.15) is 0 Å². The van der Waals surface area contributed by atoms with Crippen LogP contribution in [0.3, 0.4) is 0 Å². The molecule has 0 aliphatic carbocycles.